The Labute approximate surface area is 55.6 Å². The lowest BCUT2D eigenvalue weighted by Crippen LogP contribution is -2.48. The van der Waals surface area contributed by atoms with Gasteiger partial charge in [0.15, 0.2) is 0 Å². The summed E-state index contributed by atoms with van der Waals surface area (Å²) in [6.45, 7) is 4.57. The molecule has 3 heteroatoms. The highest BCUT2D eigenvalue weighted by molar-refractivity contribution is 4.72. The lowest BCUT2D eigenvalue weighted by molar-refractivity contribution is -0.108. The number of hydrogen-bond acceptors (Lipinski definition) is 3. The highest BCUT2D eigenvalue weighted by atomic mass is 16.5. The van der Waals surface area contributed by atoms with Crippen LogP contribution in [0, 0.1) is 0 Å². The van der Waals surface area contributed by atoms with Gasteiger partial charge in [0.2, 0.25) is 0 Å². The quantitative estimate of drug-likeness (QED) is 0.527. The molecular formula is C6H14N2O. The van der Waals surface area contributed by atoms with Crippen molar-refractivity contribution >= 4 is 0 Å². The summed E-state index contributed by atoms with van der Waals surface area (Å²) in [6, 6.07) is 0.490. The Hall–Kier alpha value is -0.120. The molecule has 0 aromatic carbocycles. The Morgan fingerprint density at radius 1 is 1.78 bits per heavy atom. The fourth-order valence-corrected chi connectivity index (χ4v) is 1.08. The summed E-state index contributed by atoms with van der Waals surface area (Å²) in [5.74, 6) is 0. The molecule has 0 aromatic heterocycles. The van der Waals surface area contributed by atoms with Gasteiger partial charge in [-0.1, -0.05) is 6.92 Å². The number of rotatable bonds is 1. The van der Waals surface area contributed by atoms with E-state index >= 15 is 0 Å². The van der Waals surface area contributed by atoms with Gasteiger partial charge >= 0.3 is 0 Å². The molecule has 1 aliphatic rings. The third kappa shape index (κ3) is 1.93. The Bertz CT molecular complexity index is 87.1. The van der Waals surface area contributed by atoms with Crippen molar-refractivity contribution in [2.24, 2.45) is 0 Å². The second-order valence-electron chi connectivity index (χ2n) is 2.47. The summed E-state index contributed by atoms with van der Waals surface area (Å²) < 4.78 is 0. The van der Waals surface area contributed by atoms with Gasteiger partial charge in [-0.2, -0.15) is 5.06 Å². The molecule has 0 aromatic rings. The molecule has 0 spiro atoms. The van der Waals surface area contributed by atoms with Crippen molar-refractivity contribution in [3.05, 3.63) is 0 Å². The molecule has 2 N–H and O–H groups in total. The molecule has 0 bridgehead atoms. The minimum absolute atomic E-state index is 0.490. The molecule has 1 unspecified atom stereocenters. The van der Waals surface area contributed by atoms with Gasteiger partial charge in [-0.05, 0) is 6.42 Å². The summed E-state index contributed by atoms with van der Waals surface area (Å²) in [4.78, 5) is 0. The lowest BCUT2D eigenvalue weighted by atomic mass is 10.2. The standard InChI is InChI=1S/C6H14N2O/c1-2-6-5-8(9)4-3-7-6/h6-7,9H,2-5H2,1H3. The highest BCUT2D eigenvalue weighted by Crippen LogP contribution is 1.97. The first-order valence-corrected chi connectivity index (χ1v) is 3.50. The number of hydrogen-bond donors (Lipinski definition) is 2. The average Bonchev–Trinajstić information content (AvgIpc) is 1.88. The van der Waals surface area contributed by atoms with Crippen LogP contribution in [0.2, 0.25) is 0 Å². The normalized spacial score (nSPS) is 30.7. The first kappa shape index (κ1) is 6.99. The van der Waals surface area contributed by atoms with Gasteiger partial charge in [-0.15, -0.1) is 0 Å². The molecule has 0 radical (unpaired) electrons. The van der Waals surface area contributed by atoms with Crippen LogP contribution in [0.5, 0.6) is 0 Å². The minimum Gasteiger partial charge on any atom is -0.314 e. The molecule has 0 saturated carbocycles. The maximum Gasteiger partial charge on any atom is 0.0392 e. The molecule has 9 heavy (non-hydrogen) atoms. The maximum absolute atomic E-state index is 9.00. The molecular weight excluding hydrogens is 116 g/mol. The van der Waals surface area contributed by atoms with Gasteiger partial charge < -0.3 is 10.5 Å². The number of nitrogens with zero attached hydrogens (tertiary/aromatic N) is 1. The van der Waals surface area contributed by atoms with Crippen molar-refractivity contribution in [1.82, 2.24) is 10.4 Å². The third-order valence-electron chi connectivity index (χ3n) is 1.73. The van der Waals surface area contributed by atoms with Crippen molar-refractivity contribution in [2.45, 2.75) is 19.4 Å². The Morgan fingerprint density at radius 3 is 3.00 bits per heavy atom. The largest absolute Gasteiger partial charge is 0.314 e. The SMILES string of the molecule is CCC1CN(O)CCN1. The first-order valence-electron chi connectivity index (χ1n) is 3.50. The third-order valence-corrected chi connectivity index (χ3v) is 1.73. The zero-order valence-corrected chi connectivity index (χ0v) is 5.80. The molecule has 54 valence electrons. The summed E-state index contributed by atoms with van der Waals surface area (Å²) in [7, 11) is 0. The predicted molar refractivity (Wildman–Crippen MR) is 35.4 cm³/mol. The molecule has 1 saturated heterocycles. The van der Waals surface area contributed by atoms with Gasteiger partial charge in [0.25, 0.3) is 0 Å². The second-order valence-corrected chi connectivity index (χ2v) is 2.47. The molecule has 1 rings (SSSR count). The number of hydroxylamine groups is 2. The monoisotopic (exact) mass is 130 g/mol. The van der Waals surface area contributed by atoms with E-state index in [-0.39, 0.29) is 0 Å². The lowest BCUT2D eigenvalue weighted by Gasteiger charge is -2.28. The molecule has 1 fully saturated rings. The van der Waals surface area contributed by atoms with E-state index in [4.69, 9.17) is 5.21 Å². The summed E-state index contributed by atoms with van der Waals surface area (Å²) >= 11 is 0. The zero-order chi connectivity index (χ0) is 6.69. The topological polar surface area (TPSA) is 35.5 Å². The van der Waals surface area contributed by atoms with Gasteiger partial charge in [0.1, 0.15) is 0 Å². The molecule has 3 nitrogen and oxygen atoms in total. The second kappa shape index (κ2) is 3.15. The highest BCUT2D eigenvalue weighted by Gasteiger charge is 2.14. The van der Waals surface area contributed by atoms with Crippen molar-refractivity contribution in [3.63, 3.8) is 0 Å². The van der Waals surface area contributed by atoms with Crippen LogP contribution in [-0.2, 0) is 0 Å². The molecule has 1 atom stereocenters. The summed E-state index contributed by atoms with van der Waals surface area (Å²) in [5.41, 5.74) is 0. The molecule has 1 aliphatic heterocycles. The van der Waals surface area contributed by atoms with Crippen molar-refractivity contribution in [2.75, 3.05) is 19.6 Å². The van der Waals surface area contributed by atoms with E-state index in [1.165, 1.54) is 5.06 Å². The smallest absolute Gasteiger partial charge is 0.0392 e. The van der Waals surface area contributed by atoms with E-state index < -0.39 is 0 Å². The fourth-order valence-electron chi connectivity index (χ4n) is 1.08. The molecule has 0 aliphatic carbocycles. The van der Waals surface area contributed by atoms with Crippen LogP contribution in [0.4, 0.5) is 0 Å². The Balaban J connectivity index is 2.23. The average molecular weight is 130 g/mol. The molecule has 1 heterocycles. The van der Waals surface area contributed by atoms with E-state index in [1.807, 2.05) is 0 Å². The van der Waals surface area contributed by atoms with Crippen LogP contribution < -0.4 is 5.32 Å². The van der Waals surface area contributed by atoms with Crippen LogP contribution >= 0.6 is 0 Å². The Kier molecular flexibility index (Phi) is 2.45. The number of piperazine rings is 1. The van der Waals surface area contributed by atoms with Crippen molar-refractivity contribution in [1.29, 1.82) is 0 Å². The first-order chi connectivity index (χ1) is 4.33. The van der Waals surface area contributed by atoms with Crippen LogP contribution in [0.25, 0.3) is 0 Å². The predicted octanol–water partition coefficient (Wildman–Crippen LogP) is 0.0594. The van der Waals surface area contributed by atoms with Gasteiger partial charge in [-0.3, -0.25) is 0 Å². The van der Waals surface area contributed by atoms with E-state index in [0.29, 0.717) is 6.04 Å². The fraction of sp³-hybridized carbons (Fsp3) is 1.00. The van der Waals surface area contributed by atoms with E-state index in [9.17, 15) is 0 Å². The van der Waals surface area contributed by atoms with Crippen molar-refractivity contribution in [3.8, 4) is 0 Å². The van der Waals surface area contributed by atoms with Crippen LogP contribution in [0.15, 0.2) is 0 Å². The zero-order valence-electron chi connectivity index (χ0n) is 5.80. The van der Waals surface area contributed by atoms with E-state index in [1.54, 1.807) is 0 Å². The van der Waals surface area contributed by atoms with E-state index in [2.05, 4.69) is 12.2 Å². The summed E-state index contributed by atoms with van der Waals surface area (Å²) in [6.07, 6.45) is 1.09. The maximum atomic E-state index is 9.00. The van der Waals surface area contributed by atoms with Gasteiger partial charge in [0, 0.05) is 25.7 Å². The minimum atomic E-state index is 0.490. The van der Waals surface area contributed by atoms with Crippen LogP contribution in [0.1, 0.15) is 13.3 Å². The van der Waals surface area contributed by atoms with Crippen LogP contribution in [-0.4, -0.2) is 35.9 Å². The Morgan fingerprint density at radius 2 is 2.56 bits per heavy atom. The van der Waals surface area contributed by atoms with E-state index in [0.717, 1.165) is 26.1 Å². The van der Waals surface area contributed by atoms with Crippen LogP contribution in [0.3, 0.4) is 0 Å². The molecule has 0 amide bonds. The number of nitrogens with one attached hydrogen (secondary N) is 1. The van der Waals surface area contributed by atoms with Crippen molar-refractivity contribution < 1.29 is 5.21 Å². The van der Waals surface area contributed by atoms with Gasteiger partial charge in [-0.25, -0.2) is 0 Å². The van der Waals surface area contributed by atoms with Gasteiger partial charge in [0.05, 0.1) is 0 Å². The summed E-state index contributed by atoms with van der Waals surface area (Å²) in [5, 5.41) is 13.7.